The molecule has 1 atom stereocenters. The van der Waals surface area contributed by atoms with Crippen LogP contribution in [0.4, 0.5) is 10.8 Å². The van der Waals surface area contributed by atoms with Crippen molar-refractivity contribution in [3.8, 4) is 0 Å². The number of anilines is 2. The molecule has 1 aliphatic carbocycles. The molecule has 2 amide bonds. The number of para-hydroxylation sites is 1. The van der Waals surface area contributed by atoms with E-state index >= 15 is 0 Å². The SMILES string of the molecule is CCc1ccccc1NC(=O)Cn1cnc2nc(N3CCC[C@@H](C(=O)NC4CC4)C3)sc2c1=O. The van der Waals surface area contributed by atoms with Gasteiger partial charge in [0.25, 0.3) is 5.56 Å². The van der Waals surface area contributed by atoms with Gasteiger partial charge in [-0.2, -0.15) is 4.98 Å². The van der Waals surface area contributed by atoms with E-state index in [1.54, 1.807) is 0 Å². The summed E-state index contributed by atoms with van der Waals surface area (Å²) in [5.41, 5.74) is 1.88. The van der Waals surface area contributed by atoms with Crippen molar-refractivity contribution in [2.24, 2.45) is 5.92 Å². The summed E-state index contributed by atoms with van der Waals surface area (Å²) in [7, 11) is 0. The van der Waals surface area contributed by atoms with Crippen molar-refractivity contribution >= 4 is 44.3 Å². The van der Waals surface area contributed by atoms with Crippen LogP contribution in [0.5, 0.6) is 0 Å². The average Bonchev–Trinajstić information content (AvgIpc) is 3.55. The van der Waals surface area contributed by atoms with Crippen LogP contribution < -0.4 is 21.1 Å². The molecule has 5 rings (SSSR count). The number of aromatic nitrogens is 3. The van der Waals surface area contributed by atoms with Gasteiger partial charge in [0.1, 0.15) is 17.6 Å². The molecule has 34 heavy (non-hydrogen) atoms. The summed E-state index contributed by atoms with van der Waals surface area (Å²) < 4.78 is 1.74. The van der Waals surface area contributed by atoms with Gasteiger partial charge in [0.15, 0.2) is 10.8 Å². The number of nitrogens with zero attached hydrogens (tertiary/aromatic N) is 4. The third kappa shape index (κ3) is 4.82. The first kappa shape index (κ1) is 22.5. The topological polar surface area (TPSA) is 109 Å². The van der Waals surface area contributed by atoms with E-state index in [2.05, 4.69) is 25.5 Å². The van der Waals surface area contributed by atoms with Gasteiger partial charge >= 0.3 is 0 Å². The Morgan fingerprint density at radius 1 is 1.21 bits per heavy atom. The van der Waals surface area contributed by atoms with Gasteiger partial charge in [-0.1, -0.05) is 36.5 Å². The van der Waals surface area contributed by atoms with Crippen molar-refractivity contribution < 1.29 is 9.59 Å². The lowest BCUT2D eigenvalue weighted by molar-refractivity contribution is -0.125. The Balaban J connectivity index is 1.30. The molecule has 2 fully saturated rings. The summed E-state index contributed by atoms with van der Waals surface area (Å²) in [5, 5.41) is 6.68. The van der Waals surface area contributed by atoms with Gasteiger partial charge in [0, 0.05) is 24.8 Å². The number of carbonyl (C=O) groups excluding carboxylic acids is 2. The summed E-state index contributed by atoms with van der Waals surface area (Å²) in [5.74, 6) is -0.237. The summed E-state index contributed by atoms with van der Waals surface area (Å²) in [6, 6.07) is 7.97. The largest absolute Gasteiger partial charge is 0.353 e. The van der Waals surface area contributed by atoms with Crippen molar-refractivity contribution in [3.05, 3.63) is 46.5 Å². The lowest BCUT2D eigenvalue weighted by Gasteiger charge is -2.31. The van der Waals surface area contributed by atoms with Crippen molar-refractivity contribution in [3.63, 3.8) is 0 Å². The average molecular weight is 481 g/mol. The van der Waals surface area contributed by atoms with Crippen LogP contribution in [0.15, 0.2) is 35.4 Å². The Morgan fingerprint density at radius 3 is 2.82 bits per heavy atom. The second-order valence-electron chi connectivity index (χ2n) is 8.95. The fourth-order valence-electron chi connectivity index (χ4n) is 4.29. The molecule has 3 aromatic rings. The number of hydrogen-bond donors (Lipinski definition) is 2. The van der Waals surface area contributed by atoms with Crippen LogP contribution in [0, 0.1) is 5.92 Å². The summed E-state index contributed by atoms with van der Waals surface area (Å²) in [4.78, 5) is 49.2. The Hall–Kier alpha value is -3.27. The van der Waals surface area contributed by atoms with Crippen molar-refractivity contribution in [1.82, 2.24) is 19.9 Å². The van der Waals surface area contributed by atoms with E-state index in [0.717, 1.165) is 49.9 Å². The first-order valence-corrected chi connectivity index (χ1v) is 12.6. The molecule has 2 aromatic heterocycles. The van der Waals surface area contributed by atoms with E-state index in [1.165, 1.54) is 22.2 Å². The molecule has 0 spiro atoms. The maximum atomic E-state index is 13.1. The monoisotopic (exact) mass is 480 g/mol. The molecule has 0 radical (unpaired) electrons. The van der Waals surface area contributed by atoms with E-state index in [1.807, 2.05) is 31.2 Å². The van der Waals surface area contributed by atoms with Crippen LogP contribution in [-0.2, 0) is 22.6 Å². The van der Waals surface area contributed by atoms with Gasteiger partial charge in [0.2, 0.25) is 11.8 Å². The van der Waals surface area contributed by atoms with E-state index in [9.17, 15) is 14.4 Å². The molecule has 1 aliphatic heterocycles. The Kier molecular flexibility index (Phi) is 6.32. The third-order valence-electron chi connectivity index (χ3n) is 6.35. The molecule has 0 bridgehead atoms. The standard InChI is InChI=1S/C24H28N6O3S/c1-2-15-6-3-4-8-18(15)27-19(31)13-30-14-25-21-20(23(30)33)34-24(28-21)29-11-5-7-16(12-29)22(32)26-17-9-10-17/h3-4,6,8,14,16-17H,2,5,7,9-13H2,1H3,(H,26,32)(H,27,31)/t16-/m1/s1. The number of piperidine rings is 1. The van der Waals surface area contributed by atoms with E-state index < -0.39 is 0 Å². The van der Waals surface area contributed by atoms with Gasteiger partial charge in [-0.25, -0.2) is 4.98 Å². The van der Waals surface area contributed by atoms with Gasteiger partial charge in [-0.15, -0.1) is 0 Å². The van der Waals surface area contributed by atoms with Gasteiger partial charge in [-0.05, 0) is 43.7 Å². The number of aryl methyl sites for hydroxylation is 1. The zero-order chi connectivity index (χ0) is 23.7. The minimum absolute atomic E-state index is 0.0688. The molecule has 2 aliphatic rings. The number of nitrogens with one attached hydrogen (secondary N) is 2. The van der Waals surface area contributed by atoms with E-state index in [-0.39, 0.29) is 29.8 Å². The van der Waals surface area contributed by atoms with Crippen LogP contribution >= 0.6 is 11.3 Å². The fraction of sp³-hybridized carbons (Fsp3) is 0.458. The van der Waals surface area contributed by atoms with Crippen molar-refractivity contribution in [2.45, 2.75) is 51.6 Å². The number of carbonyl (C=O) groups is 2. The minimum atomic E-state index is -0.285. The molecular weight excluding hydrogens is 452 g/mol. The number of fused-ring (bicyclic) bond motifs is 1. The number of rotatable bonds is 7. The maximum absolute atomic E-state index is 13.1. The molecule has 2 N–H and O–H groups in total. The van der Waals surface area contributed by atoms with Crippen LogP contribution in [0.2, 0.25) is 0 Å². The molecule has 1 saturated carbocycles. The van der Waals surface area contributed by atoms with Crippen LogP contribution in [-0.4, -0.2) is 45.5 Å². The highest BCUT2D eigenvalue weighted by Crippen LogP contribution is 2.30. The van der Waals surface area contributed by atoms with Gasteiger partial charge in [0.05, 0.1) is 5.92 Å². The maximum Gasteiger partial charge on any atom is 0.273 e. The smallest absolute Gasteiger partial charge is 0.273 e. The Labute approximate surface area is 201 Å². The molecule has 1 aromatic carbocycles. The predicted molar refractivity (Wildman–Crippen MR) is 132 cm³/mol. The second-order valence-corrected chi connectivity index (χ2v) is 9.93. The minimum Gasteiger partial charge on any atom is -0.353 e. The highest BCUT2D eigenvalue weighted by Gasteiger charge is 2.31. The molecule has 0 unspecified atom stereocenters. The molecule has 3 heterocycles. The fourth-order valence-corrected chi connectivity index (χ4v) is 5.29. The van der Waals surface area contributed by atoms with Crippen LogP contribution in [0.1, 0.15) is 38.2 Å². The van der Waals surface area contributed by atoms with Gasteiger partial charge < -0.3 is 15.5 Å². The van der Waals surface area contributed by atoms with Crippen LogP contribution in [0.25, 0.3) is 10.3 Å². The Bertz CT molecular complexity index is 1280. The number of hydrogen-bond acceptors (Lipinski definition) is 7. The molecular formula is C24H28N6O3S. The first-order chi connectivity index (χ1) is 16.5. The Morgan fingerprint density at radius 2 is 2.03 bits per heavy atom. The molecule has 9 nitrogen and oxygen atoms in total. The van der Waals surface area contributed by atoms with E-state index in [4.69, 9.17) is 0 Å². The van der Waals surface area contributed by atoms with Crippen LogP contribution in [0.3, 0.4) is 0 Å². The highest BCUT2D eigenvalue weighted by molar-refractivity contribution is 7.22. The quantitative estimate of drug-likeness (QED) is 0.538. The zero-order valence-electron chi connectivity index (χ0n) is 19.1. The lowest BCUT2D eigenvalue weighted by Crippen LogP contribution is -2.43. The van der Waals surface area contributed by atoms with Gasteiger partial charge in [-0.3, -0.25) is 19.0 Å². The lowest BCUT2D eigenvalue weighted by atomic mass is 9.97. The summed E-state index contributed by atoms with van der Waals surface area (Å²) in [6.07, 6.45) is 6.08. The number of thiazole rings is 1. The van der Waals surface area contributed by atoms with E-state index in [0.29, 0.717) is 28.1 Å². The second kappa shape index (κ2) is 9.54. The molecule has 1 saturated heterocycles. The first-order valence-electron chi connectivity index (χ1n) is 11.8. The predicted octanol–water partition coefficient (Wildman–Crippen LogP) is 2.55. The highest BCUT2D eigenvalue weighted by atomic mass is 32.1. The third-order valence-corrected chi connectivity index (χ3v) is 7.44. The zero-order valence-corrected chi connectivity index (χ0v) is 19.9. The summed E-state index contributed by atoms with van der Waals surface area (Å²) >= 11 is 1.28. The number of amides is 2. The number of benzene rings is 1. The molecule has 178 valence electrons. The molecule has 10 heteroatoms. The summed E-state index contributed by atoms with van der Waals surface area (Å²) in [6.45, 7) is 3.28. The van der Waals surface area contributed by atoms with Crippen molar-refractivity contribution in [2.75, 3.05) is 23.3 Å². The normalized spacial score (nSPS) is 18.1. The van der Waals surface area contributed by atoms with Crippen molar-refractivity contribution in [1.29, 1.82) is 0 Å².